The van der Waals surface area contributed by atoms with Gasteiger partial charge in [0, 0.05) is 31.2 Å². The molecule has 1 aliphatic rings. The number of amides is 2. The van der Waals surface area contributed by atoms with Gasteiger partial charge in [0.25, 0.3) is 0 Å². The molecule has 2 amide bonds. The van der Waals surface area contributed by atoms with Crippen LogP contribution in [-0.4, -0.2) is 56.4 Å². The van der Waals surface area contributed by atoms with E-state index < -0.39 is 11.7 Å². The number of morpholine rings is 1. The molecule has 2 heterocycles. The van der Waals surface area contributed by atoms with E-state index in [1.54, 1.807) is 4.90 Å². The lowest BCUT2D eigenvalue weighted by atomic mass is 10.0. The molecule has 4 rings (SSSR count). The van der Waals surface area contributed by atoms with E-state index in [4.69, 9.17) is 25.5 Å². The molecular weight excluding hydrogens is 470 g/mol. The third-order valence-electron chi connectivity index (χ3n) is 5.13. The number of carbonyl (C=O) groups excluding carboxylic acids is 2. The maximum Gasteiger partial charge on any atom is 0.408 e. The number of anilines is 1. The fraction of sp³-hybridized carbons (Fsp3) is 0.385. The van der Waals surface area contributed by atoms with Crippen molar-refractivity contribution in [2.24, 2.45) is 0 Å². The number of nitrogens with one attached hydrogen (secondary N) is 2. The minimum absolute atomic E-state index is 0.228. The van der Waals surface area contributed by atoms with Gasteiger partial charge in [-0.05, 0) is 62.2 Å². The lowest BCUT2D eigenvalue weighted by Gasteiger charge is -2.21. The molecule has 9 heteroatoms. The summed E-state index contributed by atoms with van der Waals surface area (Å²) in [6.07, 6.45) is 0.377. The second-order valence-corrected chi connectivity index (χ2v) is 9.43. The Kier molecular flexibility index (Phi) is 9.01. The largest absolute Gasteiger partial charge is 0.458 e. The highest BCUT2D eigenvalue weighted by molar-refractivity contribution is 6.35. The second kappa shape index (κ2) is 12.0. The molecule has 0 atom stereocenters. The van der Waals surface area contributed by atoms with E-state index >= 15 is 0 Å². The molecule has 1 aliphatic heterocycles. The van der Waals surface area contributed by atoms with Crippen molar-refractivity contribution in [1.29, 1.82) is 0 Å². The van der Waals surface area contributed by atoms with Crippen LogP contribution >= 0.6 is 11.6 Å². The van der Waals surface area contributed by atoms with Gasteiger partial charge in [0.2, 0.25) is 6.41 Å². The van der Waals surface area contributed by atoms with Gasteiger partial charge in [-0.3, -0.25) is 4.79 Å². The van der Waals surface area contributed by atoms with Crippen LogP contribution in [0.4, 0.5) is 10.5 Å². The average molecular weight is 502 g/mol. The van der Waals surface area contributed by atoms with Crippen LogP contribution in [0.15, 0.2) is 46.9 Å². The van der Waals surface area contributed by atoms with Crippen LogP contribution in [0.25, 0.3) is 22.1 Å². The minimum atomic E-state index is -0.543. The Morgan fingerprint density at radius 3 is 2.37 bits per heavy atom. The molecule has 1 fully saturated rings. The highest BCUT2D eigenvalue weighted by Crippen LogP contribution is 2.33. The molecule has 1 aromatic heterocycles. The predicted molar refractivity (Wildman–Crippen MR) is 138 cm³/mol. The van der Waals surface area contributed by atoms with Crippen LogP contribution in [-0.2, 0) is 20.8 Å². The summed E-state index contributed by atoms with van der Waals surface area (Å²) in [6, 6.07) is 13.9. The molecule has 0 bridgehead atoms. The van der Waals surface area contributed by atoms with Crippen LogP contribution in [0.2, 0.25) is 5.02 Å². The van der Waals surface area contributed by atoms with E-state index in [0.717, 1.165) is 41.7 Å². The topological polar surface area (TPSA) is 93.0 Å². The van der Waals surface area contributed by atoms with Crippen molar-refractivity contribution in [2.75, 3.05) is 38.7 Å². The summed E-state index contributed by atoms with van der Waals surface area (Å²) in [4.78, 5) is 23.5. The van der Waals surface area contributed by atoms with Crippen molar-refractivity contribution in [3.63, 3.8) is 0 Å². The minimum Gasteiger partial charge on any atom is -0.458 e. The lowest BCUT2D eigenvalue weighted by Crippen LogP contribution is -2.34. The summed E-state index contributed by atoms with van der Waals surface area (Å²) in [6.45, 7) is 8.57. The number of nitrogens with zero attached hydrogens (tertiary/aromatic N) is 1. The van der Waals surface area contributed by atoms with Crippen molar-refractivity contribution in [2.45, 2.75) is 32.9 Å². The zero-order valence-corrected chi connectivity index (χ0v) is 21.3. The van der Waals surface area contributed by atoms with Crippen molar-refractivity contribution in [3.8, 4) is 11.1 Å². The first-order valence-corrected chi connectivity index (χ1v) is 11.8. The normalized spacial score (nSPS) is 13.6. The van der Waals surface area contributed by atoms with Gasteiger partial charge < -0.3 is 29.4 Å². The highest BCUT2D eigenvalue weighted by atomic mass is 35.5. The molecule has 188 valence electrons. The number of hydrogen-bond donors (Lipinski definition) is 2. The molecule has 0 spiro atoms. The number of alkyl carbamates (subject to hydrolysis) is 1. The summed E-state index contributed by atoms with van der Waals surface area (Å²) >= 11 is 6.42. The number of rotatable bonds is 5. The Morgan fingerprint density at radius 2 is 1.80 bits per heavy atom. The number of carbonyl (C=O) groups is 2. The van der Waals surface area contributed by atoms with Gasteiger partial charge in [0.05, 0.1) is 24.8 Å². The van der Waals surface area contributed by atoms with E-state index in [1.165, 1.54) is 0 Å². The quantitative estimate of drug-likeness (QED) is 0.461. The molecule has 0 saturated carbocycles. The molecule has 0 aliphatic carbocycles. The monoisotopic (exact) mass is 501 g/mol. The van der Waals surface area contributed by atoms with E-state index in [1.807, 2.05) is 70.3 Å². The van der Waals surface area contributed by atoms with Crippen LogP contribution in [0.3, 0.4) is 0 Å². The van der Waals surface area contributed by atoms with Crippen molar-refractivity contribution in [3.05, 3.63) is 53.2 Å². The highest BCUT2D eigenvalue weighted by Gasteiger charge is 2.17. The molecule has 2 N–H and O–H groups in total. The summed E-state index contributed by atoms with van der Waals surface area (Å²) in [5, 5.41) is 7.21. The molecule has 0 unspecified atom stereocenters. The first-order chi connectivity index (χ1) is 16.7. The van der Waals surface area contributed by atoms with Crippen molar-refractivity contribution < 1.29 is 23.5 Å². The number of benzene rings is 2. The first kappa shape index (κ1) is 26.4. The lowest BCUT2D eigenvalue weighted by molar-refractivity contribution is -0.121. The third-order valence-corrected chi connectivity index (χ3v) is 5.41. The number of ether oxygens (including phenoxy) is 2. The number of hydrogen-bond acceptors (Lipinski definition) is 6. The zero-order valence-electron chi connectivity index (χ0n) is 20.5. The smallest absolute Gasteiger partial charge is 0.408 e. The van der Waals surface area contributed by atoms with Gasteiger partial charge in [-0.1, -0.05) is 23.7 Å². The summed E-state index contributed by atoms with van der Waals surface area (Å²) in [5.74, 6) is 0.612. The summed E-state index contributed by atoms with van der Waals surface area (Å²) in [7, 11) is 1.89. The van der Waals surface area contributed by atoms with Crippen LogP contribution < -0.4 is 10.6 Å². The van der Waals surface area contributed by atoms with Crippen molar-refractivity contribution in [1.82, 2.24) is 10.2 Å². The van der Waals surface area contributed by atoms with Gasteiger partial charge in [-0.15, -0.1) is 0 Å². The molecule has 8 nitrogen and oxygen atoms in total. The summed E-state index contributed by atoms with van der Waals surface area (Å²) < 4.78 is 16.0. The van der Waals surface area contributed by atoms with Gasteiger partial charge in [-0.2, -0.15) is 0 Å². The Bertz CT molecular complexity index is 1130. The number of halogens is 1. The fourth-order valence-corrected chi connectivity index (χ4v) is 3.67. The van der Waals surface area contributed by atoms with E-state index in [9.17, 15) is 9.59 Å². The Morgan fingerprint density at radius 1 is 1.11 bits per heavy atom. The van der Waals surface area contributed by atoms with Gasteiger partial charge in [0.15, 0.2) is 5.58 Å². The molecular formula is C26H32ClN3O5. The Labute approximate surface area is 210 Å². The molecule has 1 saturated heterocycles. The zero-order chi connectivity index (χ0) is 25.4. The second-order valence-electron chi connectivity index (χ2n) is 9.03. The third kappa shape index (κ3) is 7.90. The SMILES string of the molecule is CNc1ccc(-c2cc(Cl)c3oc(CNC(=O)OC(C)(C)C)cc3c2)cc1.O=CN1CCOCC1. The molecule has 2 aromatic carbocycles. The molecule has 35 heavy (non-hydrogen) atoms. The maximum absolute atomic E-state index is 11.8. The van der Waals surface area contributed by atoms with Gasteiger partial charge in [0.1, 0.15) is 11.4 Å². The van der Waals surface area contributed by atoms with Crippen molar-refractivity contribution >= 4 is 40.8 Å². The average Bonchev–Trinajstić information content (AvgIpc) is 3.26. The van der Waals surface area contributed by atoms with Gasteiger partial charge >= 0.3 is 6.09 Å². The number of furan rings is 1. The van der Waals surface area contributed by atoms with E-state index in [0.29, 0.717) is 29.6 Å². The Balaban J connectivity index is 0.000000363. The maximum atomic E-state index is 11.8. The predicted octanol–water partition coefficient (Wildman–Crippen LogP) is 5.29. The first-order valence-electron chi connectivity index (χ1n) is 11.4. The molecule has 0 radical (unpaired) electrons. The van der Waals surface area contributed by atoms with E-state index in [2.05, 4.69) is 10.6 Å². The van der Waals surface area contributed by atoms with Gasteiger partial charge in [-0.25, -0.2) is 4.79 Å². The molecule has 3 aromatic rings. The van der Waals surface area contributed by atoms with E-state index in [-0.39, 0.29) is 6.54 Å². The summed E-state index contributed by atoms with van der Waals surface area (Å²) in [5.41, 5.74) is 3.17. The van der Waals surface area contributed by atoms with Crippen LogP contribution in [0.5, 0.6) is 0 Å². The number of fused-ring (bicyclic) bond motifs is 1. The standard InChI is InChI=1S/C21H23ClN2O3.C5H9NO2/c1-21(2,3)27-20(25)24-12-17-10-15-9-14(11-18(22)19(15)26-17)13-5-7-16(23-4)8-6-13;7-5-6-1-3-8-4-2-6/h5-11,23H,12H2,1-4H3,(H,24,25);5H,1-4H2. The van der Waals surface area contributed by atoms with Crippen LogP contribution in [0.1, 0.15) is 26.5 Å². The Hall–Kier alpha value is -3.23. The van der Waals surface area contributed by atoms with Crippen LogP contribution in [0, 0.1) is 0 Å². The fourth-order valence-electron chi connectivity index (χ4n) is 3.40.